The highest BCUT2D eigenvalue weighted by Gasteiger charge is 2.29. The van der Waals surface area contributed by atoms with E-state index in [-0.39, 0.29) is 17.5 Å². The van der Waals surface area contributed by atoms with Crippen molar-refractivity contribution in [2.45, 2.75) is 37.6 Å². The number of benzene rings is 1. The summed E-state index contributed by atoms with van der Waals surface area (Å²) in [4.78, 5) is 20.1. The van der Waals surface area contributed by atoms with E-state index in [0.29, 0.717) is 5.69 Å². The average Bonchev–Trinajstić information content (AvgIpc) is 2.52. The highest BCUT2D eigenvalue weighted by molar-refractivity contribution is 5.74. The summed E-state index contributed by atoms with van der Waals surface area (Å²) in [6, 6.07) is 7.44. The molecule has 3 rings (SSSR count). The Morgan fingerprint density at radius 3 is 2.90 bits per heavy atom. The van der Waals surface area contributed by atoms with E-state index in [4.69, 9.17) is 5.53 Å². The Bertz CT molecular complexity index is 775. The standard InChI is InChI=1S/C15H17N5O/c1-20-13-9-5-4-8-12(13)17-14(15(20)21)10-6-2-3-7-11(10)18-19-16/h4-5,8-11H,2-3,6-7H2,1H3/t10-,11?/m1/s1. The molecular weight excluding hydrogens is 266 g/mol. The zero-order valence-electron chi connectivity index (χ0n) is 11.9. The molecule has 108 valence electrons. The predicted octanol–water partition coefficient (Wildman–Crippen LogP) is 3.27. The summed E-state index contributed by atoms with van der Waals surface area (Å²) < 4.78 is 1.64. The number of hydrogen-bond donors (Lipinski definition) is 0. The fraction of sp³-hybridized carbons (Fsp3) is 0.467. The third-order valence-corrected chi connectivity index (χ3v) is 4.29. The van der Waals surface area contributed by atoms with Gasteiger partial charge in [-0.1, -0.05) is 30.1 Å². The second-order valence-corrected chi connectivity index (χ2v) is 5.51. The van der Waals surface area contributed by atoms with Gasteiger partial charge in [0.1, 0.15) is 5.69 Å². The Balaban J connectivity index is 2.17. The Labute approximate surface area is 122 Å². The molecule has 1 fully saturated rings. The summed E-state index contributed by atoms with van der Waals surface area (Å²) in [5.74, 6) is -0.0713. The SMILES string of the molecule is Cn1c(=O)c([C@@H]2CCCCC2N=[N+]=[N-])nc2ccccc21. The number of fused-ring (bicyclic) bond motifs is 1. The van der Waals surface area contributed by atoms with Crippen molar-refractivity contribution in [1.29, 1.82) is 0 Å². The van der Waals surface area contributed by atoms with Crippen molar-refractivity contribution in [3.8, 4) is 0 Å². The molecule has 1 aromatic heterocycles. The lowest BCUT2D eigenvalue weighted by molar-refractivity contribution is 0.376. The Hall–Kier alpha value is -2.33. The van der Waals surface area contributed by atoms with Crippen LogP contribution in [0.4, 0.5) is 0 Å². The minimum atomic E-state index is -0.162. The smallest absolute Gasteiger partial charge is 0.272 e. The molecule has 0 N–H and O–H groups in total. The third-order valence-electron chi connectivity index (χ3n) is 4.29. The highest BCUT2D eigenvalue weighted by atomic mass is 16.1. The van der Waals surface area contributed by atoms with E-state index < -0.39 is 0 Å². The van der Waals surface area contributed by atoms with Crippen molar-refractivity contribution < 1.29 is 0 Å². The van der Waals surface area contributed by atoms with E-state index in [0.717, 1.165) is 36.7 Å². The van der Waals surface area contributed by atoms with Gasteiger partial charge < -0.3 is 4.57 Å². The van der Waals surface area contributed by atoms with E-state index in [9.17, 15) is 4.79 Å². The van der Waals surface area contributed by atoms with Gasteiger partial charge in [0.25, 0.3) is 5.56 Å². The molecule has 1 aromatic carbocycles. The molecule has 6 nitrogen and oxygen atoms in total. The fourth-order valence-electron chi connectivity index (χ4n) is 3.18. The van der Waals surface area contributed by atoms with Gasteiger partial charge in [0.15, 0.2) is 0 Å². The second-order valence-electron chi connectivity index (χ2n) is 5.51. The van der Waals surface area contributed by atoms with E-state index in [1.807, 2.05) is 24.3 Å². The minimum absolute atomic E-state index is 0.0713. The van der Waals surface area contributed by atoms with Gasteiger partial charge in [0.2, 0.25) is 0 Å². The average molecular weight is 283 g/mol. The molecular formula is C15H17N5O. The Morgan fingerprint density at radius 2 is 2.10 bits per heavy atom. The fourth-order valence-corrected chi connectivity index (χ4v) is 3.18. The van der Waals surface area contributed by atoms with Gasteiger partial charge in [0, 0.05) is 23.9 Å². The van der Waals surface area contributed by atoms with Crippen LogP contribution in [0, 0.1) is 0 Å². The summed E-state index contributed by atoms with van der Waals surface area (Å²) in [7, 11) is 1.77. The topological polar surface area (TPSA) is 83.7 Å². The number of para-hydroxylation sites is 2. The lowest BCUT2D eigenvalue weighted by atomic mass is 9.83. The van der Waals surface area contributed by atoms with Gasteiger partial charge in [-0.15, -0.1) is 0 Å². The van der Waals surface area contributed by atoms with E-state index >= 15 is 0 Å². The molecule has 1 unspecified atom stereocenters. The van der Waals surface area contributed by atoms with Crippen LogP contribution < -0.4 is 5.56 Å². The maximum absolute atomic E-state index is 12.6. The molecule has 1 heterocycles. The zero-order chi connectivity index (χ0) is 14.8. The number of hydrogen-bond acceptors (Lipinski definition) is 3. The molecule has 1 saturated carbocycles. The van der Waals surface area contributed by atoms with Crippen molar-refractivity contribution in [3.05, 3.63) is 50.8 Å². The second kappa shape index (κ2) is 5.58. The maximum atomic E-state index is 12.6. The predicted molar refractivity (Wildman–Crippen MR) is 81.1 cm³/mol. The lowest BCUT2D eigenvalue weighted by Gasteiger charge is -2.27. The van der Waals surface area contributed by atoms with E-state index in [2.05, 4.69) is 15.0 Å². The van der Waals surface area contributed by atoms with Gasteiger partial charge in [0.05, 0.1) is 11.0 Å². The Morgan fingerprint density at radius 1 is 1.33 bits per heavy atom. The van der Waals surface area contributed by atoms with Crippen LogP contribution in [-0.4, -0.2) is 15.6 Å². The quantitative estimate of drug-likeness (QED) is 0.481. The van der Waals surface area contributed by atoms with Crippen LogP contribution in [0.1, 0.15) is 37.3 Å². The van der Waals surface area contributed by atoms with Crippen LogP contribution in [0.3, 0.4) is 0 Å². The number of nitrogens with zero attached hydrogens (tertiary/aromatic N) is 5. The van der Waals surface area contributed by atoms with Crippen LogP contribution in [0.2, 0.25) is 0 Å². The van der Waals surface area contributed by atoms with E-state index in [1.165, 1.54) is 0 Å². The molecule has 6 heteroatoms. The molecule has 0 amide bonds. The van der Waals surface area contributed by atoms with Crippen LogP contribution in [0.5, 0.6) is 0 Å². The molecule has 0 radical (unpaired) electrons. The molecule has 0 aliphatic heterocycles. The maximum Gasteiger partial charge on any atom is 0.272 e. The molecule has 2 aromatic rings. The van der Waals surface area contributed by atoms with Gasteiger partial charge >= 0.3 is 0 Å². The van der Waals surface area contributed by atoms with Crippen molar-refractivity contribution in [2.24, 2.45) is 12.2 Å². The molecule has 0 bridgehead atoms. The highest BCUT2D eigenvalue weighted by Crippen LogP contribution is 2.33. The first-order valence-electron chi connectivity index (χ1n) is 7.22. The first-order valence-corrected chi connectivity index (χ1v) is 7.22. The minimum Gasteiger partial charge on any atom is -0.308 e. The van der Waals surface area contributed by atoms with Crippen molar-refractivity contribution in [1.82, 2.24) is 9.55 Å². The normalized spacial score (nSPS) is 22.0. The first-order chi connectivity index (χ1) is 10.2. The van der Waals surface area contributed by atoms with Crippen LogP contribution in [-0.2, 0) is 7.05 Å². The zero-order valence-corrected chi connectivity index (χ0v) is 11.9. The molecule has 1 aliphatic rings. The summed E-state index contributed by atoms with van der Waals surface area (Å²) in [6.07, 6.45) is 3.75. The summed E-state index contributed by atoms with van der Waals surface area (Å²) >= 11 is 0. The molecule has 0 spiro atoms. The molecule has 21 heavy (non-hydrogen) atoms. The van der Waals surface area contributed by atoms with Gasteiger partial charge in [-0.3, -0.25) is 4.79 Å². The van der Waals surface area contributed by atoms with Gasteiger partial charge in [-0.2, -0.15) is 0 Å². The van der Waals surface area contributed by atoms with Crippen LogP contribution >= 0.6 is 0 Å². The van der Waals surface area contributed by atoms with Crippen molar-refractivity contribution in [3.63, 3.8) is 0 Å². The summed E-state index contributed by atoms with van der Waals surface area (Å²) in [6.45, 7) is 0. The third kappa shape index (κ3) is 2.38. The molecule has 1 aliphatic carbocycles. The van der Waals surface area contributed by atoms with Gasteiger partial charge in [-0.05, 0) is 30.5 Å². The Kier molecular flexibility index (Phi) is 3.62. The van der Waals surface area contributed by atoms with Crippen LogP contribution in [0.25, 0.3) is 21.5 Å². The lowest BCUT2D eigenvalue weighted by Crippen LogP contribution is -2.31. The number of rotatable bonds is 2. The monoisotopic (exact) mass is 283 g/mol. The van der Waals surface area contributed by atoms with E-state index in [1.54, 1.807) is 11.6 Å². The number of aryl methyl sites for hydroxylation is 1. The largest absolute Gasteiger partial charge is 0.308 e. The van der Waals surface area contributed by atoms with Crippen molar-refractivity contribution >= 4 is 11.0 Å². The number of azide groups is 1. The molecule has 2 atom stereocenters. The van der Waals surface area contributed by atoms with Gasteiger partial charge in [-0.25, -0.2) is 4.98 Å². The summed E-state index contributed by atoms with van der Waals surface area (Å²) in [5, 5.41) is 3.88. The summed E-state index contributed by atoms with van der Waals surface area (Å²) in [5.41, 5.74) is 10.8. The molecule has 0 saturated heterocycles. The number of aromatic nitrogens is 2. The van der Waals surface area contributed by atoms with Crippen LogP contribution in [0.15, 0.2) is 34.2 Å². The first kappa shape index (κ1) is 13.6. The van der Waals surface area contributed by atoms with Crippen molar-refractivity contribution in [2.75, 3.05) is 0 Å².